The van der Waals surface area contributed by atoms with Gasteiger partial charge in [-0.3, -0.25) is 19.2 Å². The number of esters is 1. The van der Waals surface area contributed by atoms with Crippen molar-refractivity contribution < 1.29 is 28.7 Å². The molecule has 1 atom stereocenters. The molecule has 0 aliphatic carbocycles. The third kappa shape index (κ3) is 3.81. The minimum Gasteiger partial charge on any atom is -0.427 e. The number of imide groups is 1. The molecule has 2 aromatic rings. The number of nitrogens with zero attached hydrogens (tertiary/aromatic N) is 1. The van der Waals surface area contributed by atoms with Crippen molar-refractivity contribution in [3.8, 4) is 5.75 Å². The predicted molar refractivity (Wildman–Crippen MR) is 107 cm³/mol. The summed E-state index contributed by atoms with van der Waals surface area (Å²) in [6.45, 7) is 2.39. The maximum atomic E-state index is 12.9. The van der Waals surface area contributed by atoms with Crippen molar-refractivity contribution in [1.82, 2.24) is 5.32 Å². The summed E-state index contributed by atoms with van der Waals surface area (Å²) in [6, 6.07) is 10.5. The van der Waals surface area contributed by atoms with Gasteiger partial charge in [0, 0.05) is 25.6 Å². The van der Waals surface area contributed by atoms with Gasteiger partial charge in [0.15, 0.2) is 0 Å². The normalized spacial score (nSPS) is 17.8. The van der Waals surface area contributed by atoms with Crippen LogP contribution in [0.15, 0.2) is 42.5 Å². The van der Waals surface area contributed by atoms with E-state index < -0.39 is 17.8 Å². The minimum atomic E-state index is -0.510. The maximum Gasteiger partial charge on any atom is 0.308 e. The van der Waals surface area contributed by atoms with Crippen LogP contribution in [0, 0.1) is 0 Å². The Labute approximate surface area is 172 Å². The molecule has 0 saturated carbocycles. The Balaban J connectivity index is 1.51. The first-order chi connectivity index (χ1) is 14.4. The summed E-state index contributed by atoms with van der Waals surface area (Å²) in [6.07, 6.45) is 1.90. The smallest absolute Gasteiger partial charge is 0.308 e. The molecule has 3 amide bonds. The zero-order chi connectivity index (χ0) is 21.3. The molecule has 2 aliphatic heterocycles. The third-order valence-corrected chi connectivity index (χ3v) is 5.02. The van der Waals surface area contributed by atoms with Gasteiger partial charge in [-0.25, -0.2) is 4.90 Å². The van der Waals surface area contributed by atoms with E-state index in [0.717, 1.165) is 17.7 Å². The molecule has 2 heterocycles. The number of fused-ring (bicyclic) bond motifs is 1. The third-order valence-electron chi connectivity index (χ3n) is 5.02. The number of anilines is 1. The Bertz CT molecular complexity index is 1020. The highest BCUT2D eigenvalue weighted by Gasteiger charge is 2.37. The van der Waals surface area contributed by atoms with Gasteiger partial charge in [0.1, 0.15) is 5.75 Å². The highest BCUT2D eigenvalue weighted by Crippen LogP contribution is 2.30. The van der Waals surface area contributed by atoms with E-state index in [9.17, 15) is 19.2 Å². The van der Waals surface area contributed by atoms with Crippen molar-refractivity contribution in [3.63, 3.8) is 0 Å². The van der Waals surface area contributed by atoms with Crippen molar-refractivity contribution in [2.24, 2.45) is 0 Å². The molecule has 1 unspecified atom stereocenters. The van der Waals surface area contributed by atoms with Crippen molar-refractivity contribution >= 4 is 29.4 Å². The lowest BCUT2D eigenvalue weighted by Gasteiger charge is -2.14. The van der Waals surface area contributed by atoms with Gasteiger partial charge in [0.25, 0.3) is 17.7 Å². The molecular weight excluding hydrogens is 388 g/mol. The Hall–Kier alpha value is -3.52. The summed E-state index contributed by atoms with van der Waals surface area (Å²) < 4.78 is 10.5. The lowest BCUT2D eigenvalue weighted by molar-refractivity contribution is -0.131. The first-order valence-corrected chi connectivity index (χ1v) is 9.65. The quantitative estimate of drug-likeness (QED) is 0.463. The fourth-order valence-electron chi connectivity index (χ4n) is 3.56. The van der Waals surface area contributed by atoms with Crippen molar-refractivity contribution in [2.45, 2.75) is 25.9 Å². The molecule has 2 aromatic carbocycles. The fourth-order valence-corrected chi connectivity index (χ4v) is 3.56. The first-order valence-electron chi connectivity index (χ1n) is 9.65. The lowest BCUT2D eigenvalue weighted by atomic mass is 10.1. The predicted octanol–water partition coefficient (Wildman–Crippen LogP) is 2.32. The van der Waals surface area contributed by atoms with Crippen LogP contribution in [0.3, 0.4) is 0 Å². The van der Waals surface area contributed by atoms with Crippen molar-refractivity contribution in [2.75, 3.05) is 18.1 Å². The highest BCUT2D eigenvalue weighted by atomic mass is 16.5. The summed E-state index contributed by atoms with van der Waals surface area (Å²) in [5.41, 5.74) is 1.06. The van der Waals surface area contributed by atoms with Crippen LogP contribution in [0.5, 0.6) is 5.75 Å². The number of carbonyl (C=O) groups excluding carboxylic acids is 4. The van der Waals surface area contributed by atoms with Crippen LogP contribution in [0.4, 0.5) is 5.69 Å². The number of rotatable bonds is 5. The molecule has 8 nitrogen and oxygen atoms in total. The Kier molecular flexibility index (Phi) is 5.33. The molecule has 30 heavy (non-hydrogen) atoms. The number of benzene rings is 2. The molecule has 2 aliphatic rings. The number of hydrogen-bond acceptors (Lipinski definition) is 6. The Morgan fingerprint density at radius 1 is 1.10 bits per heavy atom. The maximum absolute atomic E-state index is 12.9. The van der Waals surface area contributed by atoms with E-state index >= 15 is 0 Å². The molecule has 4 rings (SSSR count). The summed E-state index contributed by atoms with van der Waals surface area (Å²) in [5.74, 6) is -1.45. The minimum absolute atomic E-state index is 0.0111. The molecular formula is C22H20N2O6. The summed E-state index contributed by atoms with van der Waals surface area (Å²) in [5, 5.41) is 2.81. The van der Waals surface area contributed by atoms with Crippen molar-refractivity contribution in [3.05, 3.63) is 59.2 Å². The van der Waals surface area contributed by atoms with Gasteiger partial charge < -0.3 is 14.8 Å². The number of amides is 3. The van der Waals surface area contributed by atoms with E-state index in [0.29, 0.717) is 30.2 Å². The number of carbonyl (C=O) groups is 4. The first kappa shape index (κ1) is 19.8. The van der Waals surface area contributed by atoms with Gasteiger partial charge >= 0.3 is 5.97 Å². The number of nitrogens with one attached hydrogen (secondary N) is 1. The molecule has 0 spiro atoms. The standard InChI is InChI=1S/C22H20N2O6/c1-13(25)30-16-7-5-15(6-8-16)24-21(27)18-9-4-14(11-19(18)22(24)28)20(26)23-12-17-3-2-10-29-17/h4-9,11,17H,2-3,10,12H2,1H3,(H,23,26). The van der Waals surface area contributed by atoms with E-state index in [1.807, 2.05) is 0 Å². The summed E-state index contributed by atoms with van der Waals surface area (Å²) in [4.78, 5) is 50.2. The molecule has 0 radical (unpaired) electrons. The topological polar surface area (TPSA) is 102 Å². The van der Waals surface area contributed by atoms with Gasteiger partial charge in [-0.1, -0.05) is 0 Å². The SMILES string of the molecule is CC(=O)Oc1ccc(N2C(=O)c3ccc(C(=O)NCC4CCCO4)cc3C2=O)cc1. The highest BCUT2D eigenvalue weighted by molar-refractivity contribution is 6.34. The van der Waals surface area contributed by atoms with Crippen LogP contribution >= 0.6 is 0 Å². The number of hydrogen-bond donors (Lipinski definition) is 1. The van der Waals surface area contributed by atoms with Crippen LogP contribution in [0.1, 0.15) is 50.8 Å². The van der Waals surface area contributed by atoms with Gasteiger partial charge in [-0.05, 0) is 55.3 Å². The van der Waals surface area contributed by atoms with Gasteiger partial charge in [0.05, 0.1) is 22.9 Å². The second-order valence-electron chi connectivity index (χ2n) is 7.14. The van der Waals surface area contributed by atoms with Gasteiger partial charge in [-0.15, -0.1) is 0 Å². The molecule has 0 aromatic heterocycles. The van der Waals surface area contributed by atoms with Crippen LogP contribution < -0.4 is 15.0 Å². The molecule has 1 N–H and O–H groups in total. The summed E-state index contributed by atoms with van der Waals surface area (Å²) >= 11 is 0. The van der Waals surface area contributed by atoms with Crippen molar-refractivity contribution in [1.29, 1.82) is 0 Å². The second-order valence-corrected chi connectivity index (χ2v) is 7.14. The van der Waals surface area contributed by atoms with E-state index in [-0.39, 0.29) is 23.1 Å². The zero-order valence-corrected chi connectivity index (χ0v) is 16.3. The zero-order valence-electron chi connectivity index (χ0n) is 16.3. The van der Waals surface area contributed by atoms with E-state index in [2.05, 4.69) is 5.32 Å². The Morgan fingerprint density at radius 2 is 1.83 bits per heavy atom. The summed E-state index contributed by atoms with van der Waals surface area (Å²) in [7, 11) is 0. The molecule has 154 valence electrons. The average molecular weight is 408 g/mol. The van der Waals surface area contributed by atoms with E-state index in [1.54, 1.807) is 0 Å². The molecule has 8 heteroatoms. The van der Waals surface area contributed by atoms with Crippen LogP contribution in [0.2, 0.25) is 0 Å². The number of ether oxygens (including phenoxy) is 2. The van der Waals surface area contributed by atoms with Crippen LogP contribution in [0.25, 0.3) is 0 Å². The van der Waals surface area contributed by atoms with Crippen LogP contribution in [-0.4, -0.2) is 42.9 Å². The largest absolute Gasteiger partial charge is 0.427 e. The van der Waals surface area contributed by atoms with Gasteiger partial charge in [-0.2, -0.15) is 0 Å². The molecule has 1 fully saturated rings. The second kappa shape index (κ2) is 8.08. The van der Waals surface area contributed by atoms with Crippen LogP contribution in [-0.2, 0) is 9.53 Å². The average Bonchev–Trinajstić information content (AvgIpc) is 3.33. The van der Waals surface area contributed by atoms with Gasteiger partial charge in [0.2, 0.25) is 0 Å². The lowest BCUT2D eigenvalue weighted by Crippen LogP contribution is -2.31. The molecule has 0 bridgehead atoms. The Morgan fingerprint density at radius 3 is 2.50 bits per heavy atom. The fraction of sp³-hybridized carbons (Fsp3) is 0.273. The van der Waals surface area contributed by atoms with E-state index in [4.69, 9.17) is 9.47 Å². The van der Waals surface area contributed by atoms with E-state index in [1.165, 1.54) is 49.4 Å². The monoisotopic (exact) mass is 408 g/mol. The molecule has 1 saturated heterocycles.